The minimum atomic E-state index is -0.148. The maximum atomic E-state index is 12.6. The summed E-state index contributed by atoms with van der Waals surface area (Å²) in [7, 11) is 0. The molecule has 0 saturated heterocycles. The molecule has 2 aliphatic carbocycles. The third kappa shape index (κ3) is 2.53. The normalized spacial score (nSPS) is 34.4. The molecule has 3 aliphatic rings. The van der Waals surface area contributed by atoms with E-state index in [0.29, 0.717) is 24.3 Å². The third-order valence-corrected chi connectivity index (χ3v) is 5.33. The molecule has 4 atom stereocenters. The van der Waals surface area contributed by atoms with Crippen molar-refractivity contribution in [3.05, 3.63) is 35.9 Å². The van der Waals surface area contributed by atoms with Gasteiger partial charge in [-0.25, -0.2) is 0 Å². The number of aliphatic imine (C=N–C) groups is 2. The molecule has 3 heteroatoms. The van der Waals surface area contributed by atoms with Crippen molar-refractivity contribution in [1.29, 1.82) is 0 Å². The van der Waals surface area contributed by atoms with Crippen LogP contribution >= 0.6 is 0 Å². The monoisotopic (exact) mass is 294 g/mol. The Hall–Kier alpha value is -1.77. The maximum absolute atomic E-state index is 12.6. The Balaban J connectivity index is 1.64. The molecule has 0 bridgehead atoms. The van der Waals surface area contributed by atoms with Gasteiger partial charge < -0.3 is 0 Å². The molecule has 3 nitrogen and oxygen atoms in total. The van der Waals surface area contributed by atoms with Crippen molar-refractivity contribution >= 4 is 17.7 Å². The third-order valence-electron chi connectivity index (χ3n) is 5.33. The van der Waals surface area contributed by atoms with E-state index in [1.54, 1.807) is 0 Å². The smallest absolute Gasteiger partial charge is 0.147 e. The van der Waals surface area contributed by atoms with E-state index >= 15 is 0 Å². The molecule has 2 fully saturated rings. The van der Waals surface area contributed by atoms with Crippen molar-refractivity contribution < 1.29 is 4.79 Å². The highest BCUT2D eigenvalue weighted by Crippen LogP contribution is 2.35. The van der Waals surface area contributed by atoms with Gasteiger partial charge in [-0.3, -0.25) is 14.8 Å². The summed E-state index contributed by atoms with van der Waals surface area (Å²) in [6.45, 7) is 0. The lowest BCUT2D eigenvalue weighted by Crippen LogP contribution is -2.34. The second-order valence-corrected chi connectivity index (χ2v) is 6.80. The lowest BCUT2D eigenvalue weighted by Gasteiger charge is -2.28. The molecule has 0 radical (unpaired) electrons. The van der Waals surface area contributed by atoms with Gasteiger partial charge in [0.2, 0.25) is 0 Å². The predicted octanol–water partition coefficient (Wildman–Crippen LogP) is 3.59. The zero-order valence-electron chi connectivity index (χ0n) is 12.8. The van der Waals surface area contributed by atoms with Crippen LogP contribution in [0.4, 0.5) is 0 Å². The molecule has 114 valence electrons. The minimum Gasteiger partial charge on any atom is -0.299 e. The highest BCUT2D eigenvalue weighted by molar-refractivity contribution is 6.18. The van der Waals surface area contributed by atoms with E-state index in [9.17, 15) is 4.79 Å². The number of nitrogens with zero attached hydrogens (tertiary/aromatic N) is 2. The summed E-state index contributed by atoms with van der Waals surface area (Å²) in [6, 6.07) is 11.0. The van der Waals surface area contributed by atoms with Crippen LogP contribution in [-0.2, 0) is 4.79 Å². The topological polar surface area (TPSA) is 41.8 Å². The standard InChI is InChI=1S/C19H22N2O/c22-19-11-14(13-6-2-1-3-7-13)10-18-15(19)12-20-16-8-4-5-9-17(16)21-18/h1-3,6-7,12,14-17H,4-5,8-11H2/t14-,15?,16+,17-/m1/s1. The second kappa shape index (κ2) is 5.79. The Morgan fingerprint density at radius 2 is 1.73 bits per heavy atom. The first-order chi connectivity index (χ1) is 10.8. The van der Waals surface area contributed by atoms with E-state index in [4.69, 9.17) is 9.98 Å². The lowest BCUT2D eigenvalue weighted by molar-refractivity contribution is -0.120. The highest BCUT2D eigenvalue weighted by atomic mass is 16.1. The van der Waals surface area contributed by atoms with Gasteiger partial charge in [0.1, 0.15) is 5.78 Å². The predicted molar refractivity (Wildman–Crippen MR) is 88.9 cm³/mol. The average Bonchev–Trinajstić information content (AvgIpc) is 2.75. The van der Waals surface area contributed by atoms with Gasteiger partial charge in [0.05, 0.1) is 18.0 Å². The van der Waals surface area contributed by atoms with Crippen molar-refractivity contribution in [2.75, 3.05) is 0 Å². The van der Waals surface area contributed by atoms with Crippen molar-refractivity contribution in [2.45, 2.75) is 56.5 Å². The van der Waals surface area contributed by atoms with Gasteiger partial charge in [-0.2, -0.15) is 0 Å². The van der Waals surface area contributed by atoms with Gasteiger partial charge in [0, 0.05) is 18.3 Å². The van der Waals surface area contributed by atoms with E-state index in [1.807, 2.05) is 12.3 Å². The summed E-state index contributed by atoms with van der Waals surface area (Å²) in [6.07, 6.45) is 8.19. The lowest BCUT2D eigenvalue weighted by atomic mass is 9.77. The van der Waals surface area contributed by atoms with Gasteiger partial charge >= 0.3 is 0 Å². The van der Waals surface area contributed by atoms with Crippen molar-refractivity contribution in [2.24, 2.45) is 15.9 Å². The first kappa shape index (κ1) is 13.9. The number of benzene rings is 1. The van der Waals surface area contributed by atoms with Gasteiger partial charge in [0.15, 0.2) is 0 Å². The van der Waals surface area contributed by atoms with E-state index in [0.717, 1.165) is 25.0 Å². The van der Waals surface area contributed by atoms with Gasteiger partial charge in [-0.05, 0) is 30.7 Å². The molecule has 1 aromatic carbocycles. The van der Waals surface area contributed by atoms with Crippen LogP contribution in [0, 0.1) is 5.92 Å². The first-order valence-electron chi connectivity index (χ1n) is 8.49. The van der Waals surface area contributed by atoms with E-state index in [-0.39, 0.29) is 11.8 Å². The molecular formula is C19H22N2O. The largest absolute Gasteiger partial charge is 0.299 e. The van der Waals surface area contributed by atoms with Crippen LogP contribution in [0.25, 0.3) is 0 Å². The van der Waals surface area contributed by atoms with Crippen LogP contribution in [0.1, 0.15) is 50.0 Å². The number of hydrogen-bond acceptors (Lipinski definition) is 3. The fraction of sp³-hybridized carbons (Fsp3) is 0.526. The minimum absolute atomic E-state index is 0.148. The number of Topliss-reactive ketones (excluding diaryl/α,β-unsaturated/α-hetero) is 1. The molecular weight excluding hydrogens is 272 g/mol. The Labute approximate surface area is 131 Å². The molecule has 22 heavy (non-hydrogen) atoms. The van der Waals surface area contributed by atoms with Crippen LogP contribution in [0.2, 0.25) is 0 Å². The first-order valence-corrected chi connectivity index (χ1v) is 8.49. The SMILES string of the molecule is O=C1C[C@H](c2ccccc2)CC2=N[C@@H]3CCCC[C@@H]3N=CC12. The van der Waals surface area contributed by atoms with E-state index in [2.05, 4.69) is 24.3 Å². The second-order valence-electron chi connectivity index (χ2n) is 6.80. The zero-order valence-corrected chi connectivity index (χ0v) is 12.8. The van der Waals surface area contributed by atoms with Crippen molar-refractivity contribution in [1.82, 2.24) is 0 Å². The Bertz CT molecular complexity index is 620. The molecule has 1 aliphatic heterocycles. The molecule has 2 saturated carbocycles. The number of ketones is 1. The molecule has 1 aromatic rings. The van der Waals surface area contributed by atoms with Crippen LogP contribution in [0.5, 0.6) is 0 Å². The number of hydrogen-bond donors (Lipinski definition) is 0. The van der Waals surface area contributed by atoms with Gasteiger partial charge in [-0.15, -0.1) is 0 Å². The zero-order chi connectivity index (χ0) is 14.9. The average molecular weight is 294 g/mol. The number of carbonyl (C=O) groups is 1. The Morgan fingerprint density at radius 1 is 0.955 bits per heavy atom. The van der Waals surface area contributed by atoms with E-state index in [1.165, 1.54) is 18.4 Å². The highest BCUT2D eigenvalue weighted by Gasteiger charge is 2.37. The summed E-state index contributed by atoms with van der Waals surface area (Å²) >= 11 is 0. The molecule has 1 heterocycles. The Morgan fingerprint density at radius 3 is 2.55 bits per heavy atom. The van der Waals surface area contributed by atoms with Crippen LogP contribution in [0.15, 0.2) is 40.3 Å². The van der Waals surface area contributed by atoms with Crippen LogP contribution in [0.3, 0.4) is 0 Å². The molecule has 0 N–H and O–H groups in total. The fourth-order valence-corrected chi connectivity index (χ4v) is 4.10. The van der Waals surface area contributed by atoms with Crippen LogP contribution < -0.4 is 0 Å². The molecule has 0 spiro atoms. The number of fused-ring (bicyclic) bond motifs is 2. The molecule has 0 amide bonds. The summed E-state index contributed by atoms with van der Waals surface area (Å²) < 4.78 is 0. The van der Waals surface area contributed by atoms with Crippen molar-refractivity contribution in [3.8, 4) is 0 Å². The molecule has 0 aromatic heterocycles. The fourth-order valence-electron chi connectivity index (χ4n) is 4.10. The quantitative estimate of drug-likeness (QED) is 0.780. The number of rotatable bonds is 1. The molecule has 4 rings (SSSR count). The maximum Gasteiger partial charge on any atom is 0.147 e. The van der Waals surface area contributed by atoms with Gasteiger partial charge in [0.25, 0.3) is 0 Å². The van der Waals surface area contributed by atoms with Gasteiger partial charge in [-0.1, -0.05) is 43.2 Å². The summed E-state index contributed by atoms with van der Waals surface area (Å²) in [5.41, 5.74) is 2.35. The molecule has 1 unspecified atom stereocenters. The summed E-state index contributed by atoms with van der Waals surface area (Å²) in [5, 5.41) is 0. The summed E-state index contributed by atoms with van der Waals surface area (Å²) in [4.78, 5) is 22.3. The Kier molecular flexibility index (Phi) is 3.65. The van der Waals surface area contributed by atoms with Crippen LogP contribution in [-0.4, -0.2) is 29.8 Å². The summed E-state index contributed by atoms with van der Waals surface area (Å²) in [5.74, 6) is 0.434. The van der Waals surface area contributed by atoms with Crippen molar-refractivity contribution in [3.63, 3.8) is 0 Å². The van der Waals surface area contributed by atoms with E-state index < -0.39 is 0 Å². The number of carbonyl (C=O) groups excluding carboxylic acids is 1.